The Balaban J connectivity index is 1.35. The molecule has 10 nitrogen and oxygen atoms in total. The Bertz CT molecular complexity index is 1670. The number of hydrogen-bond donors (Lipinski definition) is 4. The third-order valence-corrected chi connectivity index (χ3v) is 6.79. The van der Waals surface area contributed by atoms with E-state index < -0.39 is 11.7 Å². The number of carbonyl (C=O) groups excluding carboxylic acids is 1. The first-order valence-electron chi connectivity index (χ1n) is 12.1. The highest BCUT2D eigenvalue weighted by Crippen LogP contribution is 2.36. The SMILES string of the molecule is COc1c(Cc2ccc(-c3ncc(-c4cc5n(n4)CCNC5)c4[nH]nc(N)c34)cc2)cc(F)cc1C(N)=O. The number of anilines is 1. The summed E-state index contributed by atoms with van der Waals surface area (Å²) < 4.78 is 21.5. The molecule has 5 aromatic rings. The lowest BCUT2D eigenvalue weighted by Gasteiger charge is -2.13. The number of primary amides is 1. The quantitative estimate of drug-likeness (QED) is 0.273. The van der Waals surface area contributed by atoms with Crippen LogP contribution in [0.15, 0.2) is 48.7 Å². The number of ether oxygens (including phenoxy) is 1. The highest BCUT2D eigenvalue weighted by molar-refractivity contribution is 6.05. The van der Waals surface area contributed by atoms with Gasteiger partial charge in [-0.15, -0.1) is 0 Å². The van der Waals surface area contributed by atoms with Crippen LogP contribution in [0.3, 0.4) is 0 Å². The average Bonchev–Trinajstić information content (AvgIpc) is 3.52. The number of halogens is 1. The fourth-order valence-corrected chi connectivity index (χ4v) is 4.99. The largest absolute Gasteiger partial charge is 0.496 e. The molecule has 1 aliphatic rings. The molecule has 0 saturated heterocycles. The van der Waals surface area contributed by atoms with Gasteiger partial charge in [0.2, 0.25) is 0 Å². The van der Waals surface area contributed by atoms with E-state index in [-0.39, 0.29) is 11.3 Å². The Hall–Kier alpha value is -4.77. The van der Waals surface area contributed by atoms with Gasteiger partial charge in [0.1, 0.15) is 11.6 Å². The van der Waals surface area contributed by atoms with E-state index in [0.717, 1.165) is 64.7 Å². The number of aromatic nitrogens is 5. The second-order valence-electron chi connectivity index (χ2n) is 9.18. The molecular formula is C27H25FN8O2. The molecule has 38 heavy (non-hydrogen) atoms. The van der Waals surface area contributed by atoms with Crippen molar-refractivity contribution in [3.8, 4) is 28.3 Å². The highest BCUT2D eigenvalue weighted by Gasteiger charge is 2.20. The van der Waals surface area contributed by atoms with Gasteiger partial charge in [-0.2, -0.15) is 10.2 Å². The molecule has 192 valence electrons. The summed E-state index contributed by atoms with van der Waals surface area (Å²) in [5.74, 6) is -0.683. The van der Waals surface area contributed by atoms with Crippen LogP contribution in [-0.2, 0) is 19.5 Å². The van der Waals surface area contributed by atoms with E-state index in [1.54, 1.807) is 6.20 Å². The number of carbonyl (C=O) groups is 1. The number of fused-ring (bicyclic) bond motifs is 2. The number of nitrogens with two attached hydrogens (primary N) is 2. The number of aromatic amines is 1. The second kappa shape index (κ2) is 9.27. The van der Waals surface area contributed by atoms with Gasteiger partial charge < -0.3 is 21.5 Å². The number of benzene rings is 2. The predicted molar refractivity (Wildman–Crippen MR) is 141 cm³/mol. The smallest absolute Gasteiger partial charge is 0.252 e. The van der Waals surface area contributed by atoms with Crippen molar-refractivity contribution in [3.05, 3.63) is 76.9 Å². The van der Waals surface area contributed by atoms with Crippen molar-refractivity contribution < 1.29 is 13.9 Å². The van der Waals surface area contributed by atoms with E-state index in [2.05, 4.69) is 21.6 Å². The van der Waals surface area contributed by atoms with Crippen molar-refractivity contribution in [1.82, 2.24) is 30.3 Å². The van der Waals surface area contributed by atoms with Gasteiger partial charge in [-0.05, 0) is 23.8 Å². The van der Waals surface area contributed by atoms with Crippen molar-refractivity contribution in [1.29, 1.82) is 0 Å². The molecule has 11 heteroatoms. The lowest BCUT2D eigenvalue weighted by atomic mass is 9.98. The van der Waals surface area contributed by atoms with Gasteiger partial charge in [-0.1, -0.05) is 24.3 Å². The van der Waals surface area contributed by atoms with Gasteiger partial charge >= 0.3 is 0 Å². The summed E-state index contributed by atoms with van der Waals surface area (Å²) in [6.45, 7) is 2.46. The number of H-pyrrole nitrogens is 1. The Morgan fingerprint density at radius 2 is 2.03 bits per heavy atom. The van der Waals surface area contributed by atoms with Crippen molar-refractivity contribution in [2.45, 2.75) is 19.5 Å². The number of nitrogens with zero attached hydrogens (tertiary/aromatic N) is 4. The number of hydrogen-bond acceptors (Lipinski definition) is 7. The fourth-order valence-electron chi connectivity index (χ4n) is 4.99. The van der Waals surface area contributed by atoms with E-state index in [1.807, 2.05) is 28.9 Å². The van der Waals surface area contributed by atoms with Gasteiger partial charge in [0.25, 0.3) is 5.91 Å². The van der Waals surface area contributed by atoms with Crippen LogP contribution < -0.4 is 21.5 Å². The summed E-state index contributed by atoms with van der Waals surface area (Å²) in [5, 5.41) is 16.1. The highest BCUT2D eigenvalue weighted by atomic mass is 19.1. The Morgan fingerprint density at radius 1 is 1.21 bits per heavy atom. The lowest BCUT2D eigenvalue weighted by molar-refractivity contribution is 0.0996. The second-order valence-corrected chi connectivity index (χ2v) is 9.18. The van der Waals surface area contributed by atoms with Crippen LogP contribution in [0.25, 0.3) is 33.4 Å². The van der Waals surface area contributed by atoms with Gasteiger partial charge in [0.15, 0.2) is 5.82 Å². The minimum absolute atomic E-state index is 0.0102. The van der Waals surface area contributed by atoms with Crippen LogP contribution in [-0.4, -0.2) is 44.5 Å². The topological polar surface area (TPSA) is 150 Å². The molecule has 6 N–H and O–H groups in total. The predicted octanol–water partition coefficient (Wildman–Crippen LogP) is 3.01. The molecule has 4 heterocycles. The molecule has 0 bridgehead atoms. The van der Waals surface area contributed by atoms with Gasteiger partial charge in [-0.25, -0.2) is 4.39 Å². The zero-order valence-corrected chi connectivity index (χ0v) is 20.6. The zero-order valence-electron chi connectivity index (χ0n) is 20.6. The van der Waals surface area contributed by atoms with E-state index in [0.29, 0.717) is 23.5 Å². The molecule has 6 rings (SSSR count). The van der Waals surface area contributed by atoms with E-state index in [1.165, 1.54) is 13.2 Å². The molecule has 0 atom stereocenters. The maximum Gasteiger partial charge on any atom is 0.252 e. The molecule has 0 radical (unpaired) electrons. The van der Waals surface area contributed by atoms with Crippen LogP contribution >= 0.6 is 0 Å². The summed E-state index contributed by atoms with van der Waals surface area (Å²) in [7, 11) is 1.43. The maximum absolute atomic E-state index is 14.2. The minimum Gasteiger partial charge on any atom is -0.496 e. The summed E-state index contributed by atoms with van der Waals surface area (Å²) in [6.07, 6.45) is 2.13. The zero-order chi connectivity index (χ0) is 26.4. The molecular weight excluding hydrogens is 487 g/mol. The maximum atomic E-state index is 14.2. The molecule has 1 amide bonds. The van der Waals surface area contributed by atoms with E-state index in [4.69, 9.17) is 26.3 Å². The fraction of sp³-hybridized carbons (Fsp3) is 0.185. The first kappa shape index (κ1) is 23.6. The van der Waals surface area contributed by atoms with Crippen molar-refractivity contribution in [2.75, 3.05) is 19.4 Å². The molecule has 0 unspecified atom stereocenters. The summed E-state index contributed by atoms with van der Waals surface area (Å²) in [6, 6.07) is 12.2. The Kier molecular flexibility index (Phi) is 5.76. The van der Waals surface area contributed by atoms with Crippen LogP contribution in [0.2, 0.25) is 0 Å². The normalized spacial score (nSPS) is 13.0. The number of pyridine rings is 1. The Morgan fingerprint density at radius 3 is 2.76 bits per heavy atom. The summed E-state index contributed by atoms with van der Waals surface area (Å²) in [4.78, 5) is 16.5. The molecule has 0 saturated carbocycles. The van der Waals surface area contributed by atoms with Crippen LogP contribution in [0.5, 0.6) is 5.75 Å². The standard InChI is InChI=1S/C27H25FN8O2/c1-38-25-16(9-17(28)10-19(25)27(30)37)8-14-2-4-15(5-3-14)23-22-24(33-34-26(22)29)20(13-32-23)21-11-18-12-31-6-7-36(18)35-21/h2-5,9-11,13,31H,6-8,12H2,1H3,(H2,30,37)(H3,29,33,34). The third-order valence-electron chi connectivity index (χ3n) is 6.79. The lowest BCUT2D eigenvalue weighted by Crippen LogP contribution is -2.28. The van der Waals surface area contributed by atoms with Gasteiger partial charge in [-0.3, -0.25) is 19.6 Å². The van der Waals surface area contributed by atoms with Crippen LogP contribution in [0, 0.1) is 5.82 Å². The first-order valence-corrected chi connectivity index (χ1v) is 12.1. The number of nitrogens with one attached hydrogen (secondary N) is 2. The van der Waals surface area contributed by atoms with E-state index >= 15 is 0 Å². The summed E-state index contributed by atoms with van der Waals surface area (Å²) >= 11 is 0. The van der Waals surface area contributed by atoms with Gasteiger partial charge in [0, 0.05) is 42.4 Å². The van der Waals surface area contributed by atoms with Crippen molar-refractivity contribution in [3.63, 3.8) is 0 Å². The monoisotopic (exact) mass is 512 g/mol. The minimum atomic E-state index is -0.749. The third kappa shape index (κ3) is 4.02. The number of rotatable bonds is 6. The Labute approximate surface area is 216 Å². The number of amides is 1. The van der Waals surface area contributed by atoms with Crippen molar-refractivity contribution in [2.24, 2.45) is 5.73 Å². The molecule has 2 aromatic carbocycles. The van der Waals surface area contributed by atoms with Gasteiger partial charge in [0.05, 0.1) is 47.2 Å². The van der Waals surface area contributed by atoms with E-state index in [9.17, 15) is 9.18 Å². The molecule has 1 aliphatic heterocycles. The first-order chi connectivity index (χ1) is 18.4. The van der Waals surface area contributed by atoms with Crippen LogP contribution in [0.1, 0.15) is 27.2 Å². The molecule has 3 aromatic heterocycles. The average molecular weight is 513 g/mol. The number of nitrogen functional groups attached to an aromatic ring is 1. The summed E-state index contributed by atoms with van der Waals surface area (Å²) in [5.41, 5.74) is 18.2. The molecule has 0 spiro atoms. The molecule has 0 fully saturated rings. The molecule has 0 aliphatic carbocycles. The van der Waals surface area contributed by atoms with Crippen molar-refractivity contribution >= 4 is 22.6 Å². The number of methoxy groups -OCH3 is 1. The van der Waals surface area contributed by atoms with Crippen LogP contribution in [0.4, 0.5) is 10.2 Å².